The number of rotatable bonds is 3. The van der Waals surface area contributed by atoms with Crippen LogP contribution in [0.25, 0.3) is 11.0 Å². The molecule has 3 rings (SSSR count). The Morgan fingerprint density at radius 2 is 1.94 bits per heavy atom. The average Bonchev–Trinajstić information content (AvgIpc) is 2.81. The fourth-order valence-corrected chi connectivity index (χ4v) is 1.55. The van der Waals surface area contributed by atoms with E-state index in [-0.39, 0.29) is 0 Å². The van der Waals surface area contributed by atoms with Gasteiger partial charge in [0, 0.05) is 12.4 Å². The summed E-state index contributed by atoms with van der Waals surface area (Å²) < 4.78 is 10.8. The van der Waals surface area contributed by atoms with Gasteiger partial charge in [0.2, 0.25) is 6.26 Å². The first-order valence-electron chi connectivity index (χ1n) is 5.21. The summed E-state index contributed by atoms with van der Waals surface area (Å²) in [6.07, 6.45) is 6.10. The second kappa shape index (κ2) is 4.25. The van der Waals surface area contributed by atoms with Crippen molar-refractivity contribution >= 4 is 11.0 Å². The van der Waals surface area contributed by atoms with Crippen molar-refractivity contribution < 1.29 is 9.15 Å². The van der Waals surface area contributed by atoms with Crippen LogP contribution in [0.1, 0.15) is 5.82 Å². The second-order valence-electron chi connectivity index (χ2n) is 3.48. The Morgan fingerprint density at radius 1 is 1.12 bits per heavy atom. The zero-order valence-electron chi connectivity index (χ0n) is 8.96. The summed E-state index contributed by atoms with van der Waals surface area (Å²) in [5, 5.41) is 0.906. The van der Waals surface area contributed by atoms with Gasteiger partial charge in [-0.15, -0.1) is 0 Å². The number of fused-ring (bicyclic) bond motifs is 1. The van der Waals surface area contributed by atoms with Crippen LogP contribution < -0.4 is 4.74 Å². The maximum atomic E-state index is 5.57. The van der Waals surface area contributed by atoms with E-state index in [9.17, 15) is 0 Å². The smallest absolute Gasteiger partial charge is 0.216 e. The quantitative estimate of drug-likeness (QED) is 0.687. The largest absolute Gasteiger partial charge is 0.481 e. The summed E-state index contributed by atoms with van der Waals surface area (Å²) in [4.78, 5) is 8.16. The highest BCUT2D eigenvalue weighted by Gasteiger charge is 2.07. The Hall–Kier alpha value is -2.36. The van der Waals surface area contributed by atoms with Gasteiger partial charge in [-0.1, -0.05) is 12.1 Å². The van der Waals surface area contributed by atoms with Crippen LogP contribution in [0.15, 0.2) is 47.1 Å². The number of hydrogen-bond acceptors (Lipinski definition) is 4. The lowest BCUT2D eigenvalue weighted by Gasteiger charge is -2.01. The molecule has 0 saturated heterocycles. The summed E-state index contributed by atoms with van der Waals surface area (Å²) >= 11 is 0. The molecule has 0 aliphatic carbocycles. The van der Waals surface area contributed by atoms with Gasteiger partial charge in [0.1, 0.15) is 12.2 Å². The predicted molar refractivity (Wildman–Crippen MR) is 61.4 cm³/mol. The average molecular weight is 225 g/mol. The van der Waals surface area contributed by atoms with E-state index in [1.807, 2.05) is 24.3 Å². The number of aromatic nitrogens is 2. The molecule has 0 aliphatic rings. The van der Waals surface area contributed by atoms with Gasteiger partial charge >= 0.3 is 0 Å². The molecule has 3 aromatic rings. The van der Waals surface area contributed by atoms with Gasteiger partial charge in [0.05, 0.1) is 5.39 Å². The molecule has 1 radical (unpaired) electrons. The Bertz CT molecular complexity index is 619. The molecule has 0 aliphatic heterocycles. The van der Waals surface area contributed by atoms with Crippen LogP contribution in [0.3, 0.4) is 0 Å². The summed E-state index contributed by atoms with van der Waals surface area (Å²) in [6.45, 7) is 0.306. The van der Waals surface area contributed by atoms with Crippen molar-refractivity contribution in [3.63, 3.8) is 0 Å². The first kappa shape index (κ1) is 9.84. The highest BCUT2D eigenvalue weighted by atomic mass is 16.5. The number of para-hydroxylation sites is 1. The topological polar surface area (TPSA) is 48.2 Å². The minimum atomic E-state index is 0.306. The summed E-state index contributed by atoms with van der Waals surface area (Å²) in [5.41, 5.74) is 0.761. The highest BCUT2D eigenvalue weighted by Crippen LogP contribution is 2.27. The third-order valence-corrected chi connectivity index (χ3v) is 2.35. The molecule has 83 valence electrons. The molecule has 0 amide bonds. The van der Waals surface area contributed by atoms with Crippen LogP contribution in [0.5, 0.6) is 5.75 Å². The maximum Gasteiger partial charge on any atom is 0.216 e. The highest BCUT2D eigenvalue weighted by molar-refractivity contribution is 5.83. The molecule has 2 heterocycles. The lowest BCUT2D eigenvalue weighted by atomic mass is 10.2. The third kappa shape index (κ3) is 1.97. The van der Waals surface area contributed by atoms with Gasteiger partial charge in [-0.05, 0) is 18.2 Å². The van der Waals surface area contributed by atoms with Crippen LogP contribution in [0.2, 0.25) is 0 Å². The number of ether oxygens (including phenoxy) is 1. The van der Waals surface area contributed by atoms with Crippen molar-refractivity contribution in [2.75, 3.05) is 0 Å². The lowest BCUT2D eigenvalue weighted by molar-refractivity contribution is 0.294. The minimum absolute atomic E-state index is 0.306. The van der Waals surface area contributed by atoms with Crippen molar-refractivity contribution in [2.45, 2.75) is 6.61 Å². The number of nitrogens with zero attached hydrogens (tertiary/aromatic N) is 2. The molecule has 0 fully saturated rings. The molecule has 1 aromatic carbocycles. The molecule has 0 unspecified atom stereocenters. The Balaban J connectivity index is 1.82. The monoisotopic (exact) mass is 225 g/mol. The SMILES string of the molecule is [c]1oc2ccccc2c1OCc1ncccn1. The fourth-order valence-electron chi connectivity index (χ4n) is 1.55. The van der Waals surface area contributed by atoms with E-state index in [4.69, 9.17) is 9.15 Å². The van der Waals surface area contributed by atoms with E-state index in [2.05, 4.69) is 16.2 Å². The first-order chi connectivity index (χ1) is 8.43. The van der Waals surface area contributed by atoms with Crippen molar-refractivity contribution in [3.05, 3.63) is 54.8 Å². The predicted octanol–water partition coefficient (Wildman–Crippen LogP) is 2.60. The molecule has 0 saturated carbocycles. The summed E-state index contributed by atoms with van der Waals surface area (Å²) in [6, 6.07) is 9.40. The standard InChI is InChI=1S/C13H9N2O2/c1-2-5-11-10(4-1)12(8-16-11)17-9-13-14-6-3-7-15-13/h1-7H,9H2. The molecule has 0 N–H and O–H groups in total. The minimum Gasteiger partial charge on any atom is -0.481 e. The molecule has 4 nitrogen and oxygen atoms in total. The summed E-state index contributed by atoms with van der Waals surface area (Å²) in [5.74, 6) is 1.22. The van der Waals surface area contributed by atoms with Gasteiger partial charge in [-0.25, -0.2) is 9.97 Å². The number of benzene rings is 1. The van der Waals surface area contributed by atoms with Gasteiger partial charge in [-0.3, -0.25) is 0 Å². The van der Waals surface area contributed by atoms with E-state index in [1.54, 1.807) is 18.5 Å². The molecular weight excluding hydrogens is 216 g/mol. The Kier molecular flexibility index (Phi) is 2.46. The number of furan rings is 1. The second-order valence-corrected chi connectivity index (χ2v) is 3.48. The van der Waals surface area contributed by atoms with Gasteiger partial charge in [0.15, 0.2) is 11.6 Å². The molecule has 0 bridgehead atoms. The third-order valence-electron chi connectivity index (χ3n) is 2.35. The van der Waals surface area contributed by atoms with Crippen LogP contribution in [0, 0.1) is 6.26 Å². The van der Waals surface area contributed by atoms with Crippen LogP contribution in [-0.4, -0.2) is 9.97 Å². The zero-order valence-corrected chi connectivity index (χ0v) is 8.96. The zero-order chi connectivity index (χ0) is 11.5. The molecule has 17 heavy (non-hydrogen) atoms. The van der Waals surface area contributed by atoms with Crippen molar-refractivity contribution in [1.82, 2.24) is 9.97 Å². The maximum absolute atomic E-state index is 5.57. The Morgan fingerprint density at radius 3 is 2.82 bits per heavy atom. The van der Waals surface area contributed by atoms with Gasteiger partial charge in [-0.2, -0.15) is 0 Å². The van der Waals surface area contributed by atoms with E-state index < -0.39 is 0 Å². The van der Waals surface area contributed by atoms with Gasteiger partial charge < -0.3 is 9.15 Å². The molecule has 4 heteroatoms. The van der Waals surface area contributed by atoms with Crippen LogP contribution >= 0.6 is 0 Å². The van der Waals surface area contributed by atoms with Gasteiger partial charge in [0.25, 0.3) is 0 Å². The van der Waals surface area contributed by atoms with Crippen molar-refractivity contribution in [3.8, 4) is 5.75 Å². The molecular formula is C13H9N2O2. The molecule has 0 atom stereocenters. The Labute approximate surface area is 97.9 Å². The first-order valence-corrected chi connectivity index (χ1v) is 5.21. The van der Waals surface area contributed by atoms with E-state index >= 15 is 0 Å². The van der Waals surface area contributed by atoms with E-state index in [0.717, 1.165) is 11.0 Å². The van der Waals surface area contributed by atoms with E-state index in [0.29, 0.717) is 18.2 Å². The normalized spacial score (nSPS) is 10.6. The number of hydrogen-bond donors (Lipinski definition) is 0. The van der Waals surface area contributed by atoms with E-state index in [1.165, 1.54) is 0 Å². The van der Waals surface area contributed by atoms with Crippen LogP contribution in [0.4, 0.5) is 0 Å². The summed E-state index contributed by atoms with van der Waals surface area (Å²) in [7, 11) is 0. The van der Waals surface area contributed by atoms with Crippen molar-refractivity contribution in [1.29, 1.82) is 0 Å². The lowest BCUT2D eigenvalue weighted by Crippen LogP contribution is -1.99. The molecule has 0 spiro atoms. The van der Waals surface area contributed by atoms with Crippen molar-refractivity contribution in [2.24, 2.45) is 0 Å². The fraction of sp³-hybridized carbons (Fsp3) is 0.0769. The van der Waals surface area contributed by atoms with Crippen LogP contribution in [-0.2, 0) is 6.61 Å². The molecule has 2 aromatic heterocycles.